The fourth-order valence-corrected chi connectivity index (χ4v) is 2.43. The molecule has 1 atom stereocenters. The van der Waals surface area contributed by atoms with Crippen LogP contribution in [-0.2, 0) is 0 Å². The zero-order chi connectivity index (χ0) is 15.7. The summed E-state index contributed by atoms with van der Waals surface area (Å²) in [5.41, 5.74) is 1.61. The van der Waals surface area contributed by atoms with Crippen molar-refractivity contribution in [1.82, 2.24) is 9.55 Å². The number of fused-ring (bicyclic) bond motifs is 1. The summed E-state index contributed by atoms with van der Waals surface area (Å²) in [6.45, 7) is 4.47. The van der Waals surface area contributed by atoms with Crippen molar-refractivity contribution in [3.63, 3.8) is 0 Å². The Morgan fingerprint density at radius 2 is 2.32 bits per heavy atom. The molecule has 2 heterocycles. The predicted octanol–water partition coefficient (Wildman–Crippen LogP) is 2.53. The van der Waals surface area contributed by atoms with Crippen molar-refractivity contribution < 1.29 is 14.6 Å². The van der Waals surface area contributed by atoms with Gasteiger partial charge in [-0.25, -0.2) is 4.98 Å². The van der Waals surface area contributed by atoms with E-state index in [0.717, 1.165) is 0 Å². The van der Waals surface area contributed by atoms with Crippen LogP contribution in [-0.4, -0.2) is 27.2 Å². The Morgan fingerprint density at radius 3 is 3.05 bits per heavy atom. The van der Waals surface area contributed by atoms with Crippen molar-refractivity contribution in [3.05, 3.63) is 42.0 Å². The summed E-state index contributed by atoms with van der Waals surface area (Å²) in [5.74, 6) is 0.245. The largest absolute Gasteiger partial charge is 0.491 e. The van der Waals surface area contributed by atoms with Crippen LogP contribution in [0.1, 0.15) is 48.5 Å². The molecule has 0 unspecified atom stereocenters. The molecule has 6 heteroatoms. The first-order valence-corrected chi connectivity index (χ1v) is 7.35. The summed E-state index contributed by atoms with van der Waals surface area (Å²) < 4.78 is 7.48. The van der Waals surface area contributed by atoms with Crippen LogP contribution in [0.5, 0.6) is 5.75 Å². The minimum absolute atomic E-state index is 0.247. The average Bonchev–Trinajstić information content (AvgIpc) is 2.98. The number of aromatic nitrogens is 2. The van der Waals surface area contributed by atoms with Crippen LogP contribution in [0.3, 0.4) is 0 Å². The third-order valence-electron chi connectivity index (χ3n) is 3.72. The lowest BCUT2D eigenvalue weighted by atomic mass is 10.0. The highest BCUT2D eigenvalue weighted by Gasteiger charge is 2.23. The van der Waals surface area contributed by atoms with Gasteiger partial charge in [-0.2, -0.15) is 0 Å². The van der Waals surface area contributed by atoms with Gasteiger partial charge >= 0.3 is 0 Å². The zero-order valence-corrected chi connectivity index (χ0v) is 12.6. The second-order valence-corrected chi connectivity index (χ2v) is 5.63. The molecule has 0 spiro atoms. The van der Waals surface area contributed by atoms with Gasteiger partial charge in [0.2, 0.25) is 0 Å². The first kappa shape index (κ1) is 14.6. The number of nitrogens with one attached hydrogen (secondary N) is 1. The number of ether oxygens (including phenoxy) is 1. The van der Waals surface area contributed by atoms with Crippen molar-refractivity contribution in [2.24, 2.45) is 0 Å². The van der Waals surface area contributed by atoms with E-state index >= 15 is 0 Å². The highest BCUT2D eigenvalue weighted by molar-refractivity contribution is 6.03. The number of para-hydroxylation sites is 1. The number of carbonyl (C=O) groups is 1. The summed E-state index contributed by atoms with van der Waals surface area (Å²) in [7, 11) is 0. The predicted molar refractivity (Wildman–Crippen MR) is 82.1 cm³/mol. The Hall–Kier alpha value is -2.34. The molecule has 0 fully saturated rings. The highest BCUT2D eigenvalue weighted by atomic mass is 16.5. The fraction of sp³-hybridized carbons (Fsp3) is 0.375. The Bertz CT molecular complexity index is 694. The van der Waals surface area contributed by atoms with E-state index in [1.54, 1.807) is 24.7 Å². The van der Waals surface area contributed by atoms with Crippen LogP contribution in [0.15, 0.2) is 30.7 Å². The van der Waals surface area contributed by atoms with Gasteiger partial charge in [-0.05, 0) is 19.9 Å². The Labute approximate surface area is 128 Å². The van der Waals surface area contributed by atoms with Gasteiger partial charge in [-0.3, -0.25) is 4.79 Å². The Balaban J connectivity index is 1.83. The number of aliphatic hydroxyl groups excluding tert-OH is 1. The van der Waals surface area contributed by atoms with Crippen molar-refractivity contribution in [3.8, 4) is 5.75 Å². The summed E-state index contributed by atoms with van der Waals surface area (Å²) in [6, 6.07) is 5.60. The van der Waals surface area contributed by atoms with E-state index < -0.39 is 6.10 Å². The fourth-order valence-electron chi connectivity index (χ4n) is 2.43. The first-order chi connectivity index (χ1) is 10.6. The Kier molecular flexibility index (Phi) is 3.85. The maximum atomic E-state index is 12.3. The average molecular weight is 301 g/mol. The van der Waals surface area contributed by atoms with Crippen molar-refractivity contribution >= 4 is 11.6 Å². The van der Waals surface area contributed by atoms with Gasteiger partial charge in [0.05, 0.1) is 24.7 Å². The molecule has 1 aromatic carbocycles. The molecule has 0 saturated carbocycles. The third-order valence-corrected chi connectivity index (χ3v) is 3.72. The number of anilines is 1. The molecule has 0 radical (unpaired) electrons. The monoisotopic (exact) mass is 301 g/mol. The Morgan fingerprint density at radius 1 is 1.50 bits per heavy atom. The lowest BCUT2D eigenvalue weighted by molar-refractivity contribution is 0.101. The van der Waals surface area contributed by atoms with Crippen LogP contribution < -0.4 is 10.1 Å². The normalized spacial score (nSPS) is 17.0. The van der Waals surface area contributed by atoms with Crippen LogP contribution >= 0.6 is 0 Å². The molecule has 0 aliphatic carbocycles. The molecule has 1 amide bonds. The summed E-state index contributed by atoms with van der Waals surface area (Å²) in [4.78, 5) is 16.4. The van der Waals surface area contributed by atoms with Gasteiger partial charge < -0.3 is 19.7 Å². The van der Waals surface area contributed by atoms with E-state index in [9.17, 15) is 9.90 Å². The molecule has 2 N–H and O–H groups in total. The van der Waals surface area contributed by atoms with Crippen LogP contribution in [0.25, 0.3) is 0 Å². The molecule has 22 heavy (non-hydrogen) atoms. The van der Waals surface area contributed by atoms with Crippen molar-refractivity contribution in [2.45, 2.75) is 32.4 Å². The van der Waals surface area contributed by atoms with E-state index in [1.807, 2.05) is 24.5 Å². The lowest BCUT2D eigenvalue weighted by Gasteiger charge is -2.24. The second kappa shape index (κ2) is 5.81. The number of amides is 1. The topological polar surface area (TPSA) is 76.4 Å². The molecule has 6 nitrogen and oxygen atoms in total. The number of benzene rings is 1. The standard InChI is InChI=1S/C16H19N3O3/c1-10(2)19-8-13(17-9-19)16(21)18-12-5-3-4-11-14(20)6-7-22-15(11)12/h3-5,8-10,14,20H,6-7H2,1-2H3,(H,18,21)/t14-/m0/s1. The summed E-state index contributed by atoms with van der Waals surface area (Å²) >= 11 is 0. The summed E-state index contributed by atoms with van der Waals surface area (Å²) in [6.07, 6.45) is 3.36. The smallest absolute Gasteiger partial charge is 0.275 e. The van der Waals surface area contributed by atoms with Gasteiger partial charge in [0.25, 0.3) is 5.91 Å². The lowest BCUT2D eigenvalue weighted by Crippen LogP contribution is -2.18. The van der Waals surface area contributed by atoms with Gasteiger partial charge in [0.1, 0.15) is 11.4 Å². The van der Waals surface area contributed by atoms with E-state index in [0.29, 0.717) is 35.7 Å². The SMILES string of the molecule is CC(C)n1cnc(C(=O)Nc2cccc3c2OCC[C@@H]3O)c1. The zero-order valence-electron chi connectivity index (χ0n) is 12.6. The number of aliphatic hydroxyl groups is 1. The van der Waals surface area contributed by atoms with Crippen LogP contribution in [0.2, 0.25) is 0 Å². The molecular weight excluding hydrogens is 282 g/mol. The molecule has 0 saturated heterocycles. The number of nitrogens with zero attached hydrogens (tertiary/aromatic N) is 2. The quantitative estimate of drug-likeness (QED) is 0.913. The van der Waals surface area contributed by atoms with Gasteiger partial charge in [-0.1, -0.05) is 12.1 Å². The minimum Gasteiger partial charge on any atom is -0.491 e. The molecule has 116 valence electrons. The number of hydrogen-bond acceptors (Lipinski definition) is 4. The van der Waals surface area contributed by atoms with E-state index in [-0.39, 0.29) is 11.9 Å². The number of hydrogen-bond donors (Lipinski definition) is 2. The molecule has 1 aromatic heterocycles. The molecule has 1 aliphatic heterocycles. The van der Waals surface area contributed by atoms with E-state index in [4.69, 9.17) is 4.74 Å². The van der Waals surface area contributed by atoms with Crippen molar-refractivity contribution in [2.75, 3.05) is 11.9 Å². The van der Waals surface area contributed by atoms with Crippen LogP contribution in [0, 0.1) is 0 Å². The number of carbonyl (C=O) groups excluding carboxylic acids is 1. The molecule has 1 aliphatic rings. The maximum absolute atomic E-state index is 12.3. The van der Waals surface area contributed by atoms with E-state index in [2.05, 4.69) is 10.3 Å². The second-order valence-electron chi connectivity index (χ2n) is 5.63. The molecule has 2 aromatic rings. The van der Waals surface area contributed by atoms with E-state index in [1.165, 1.54) is 0 Å². The van der Waals surface area contributed by atoms with Gasteiger partial charge in [0, 0.05) is 24.2 Å². The van der Waals surface area contributed by atoms with Crippen LogP contribution in [0.4, 0.5) is 5.69 Å². The van der Waals surface area contributed by atoms with Gasteiger partial charge in [-0.15, -0.1) is 0 Å². The number of imidazole rings is 1. The first-order valence-electron chi connectivity index (χ1n) is 7.35. The maximum Gasteiger partial charge on any atom is 0.275 e. The van der Waals surface area contributed by atoms with Gasteiger partial charge in [0.15, 0.2) is 0 Å². The molecule has 0 bridgehead atoms. The molecule has 3 rings (SSSR count). The summed E-state index contributed by atoms with van der Waals surface area (Å²) in [5, 5.41) is 12.8. The molecular formula is C16H19N3O3. The number of rotatable bonds is 3. The minimum atomic E-state index is -0.555. The third kappa shape index (κ3) is 2.69. The van der Waals surface area contributed by atoms with Crippen molar-refractivity contribution in [1.29, 1.82) is 0 Å². The highest BCUT2D eigenvalue weighted by Crippen LogP contribution is 2.37.